The Morgan fingerprint density at radius 1 is 0.530 bits per heavy atom. The quantitative estimate of drug-likeness (QED) is 0.0243. The van der Waals surface area contributed by atoms with E-state index in [-0.39, 0.29) is 19.1 Å². The SMILES string of the molecule is CC/C=C\C/C=C\C/C=C\C/C=C\C/C=C\C/C=C\C/C=C\C/C=C\C/C=C\C/C=C\CCCCCCCCC(=O)NC(COP(=O)(O)OCC[N+](C)(C)C)C(O)/C=C/CC/C=C/CCC. The Morgan fingerprint density at radius 3 is 1.38 bits per heavy atom. The van der Waals surface area contributed by atoms with Gasteiger partial charge in [-0.05, 0) is 103 Å². The molecule has 0 aliphatic rings. The summed E-state index contributed by atoms with van der Waals surface area (Å²) in [4.78, 5) is 23.0. The lowest BCUT2D eigenvalue weighted by Crippen LogP contribution is -2.45. The van der Waals surface area contributed by atoms with Crippen molar-refractivity contribution in [3.63, 3.8) is 0 Å². The van der Waals surface area contributed by atoms with Gasteiger partial charge in [-0.15, -0.1) is 0 Å². The number of carbonyl (C=O) groups excluding carboxylic acids is 1. The molecule has 0 saturated carbocycles. The van der Waals surface area contributed by atoms with Crippen molar-refractivity contribution in [1.29, 1.82) is 0 Å². The molecule has 8 nitrogen and oxygen atoms in total. The Kier molecular flexibility index (Phi) is 43.9. The van der Waals surface area contributed by atoms with Gasteiger partial charge < -0.3 is 19.8 Å². The number of phosphoric ester groups is 1. The molecule has 0 saturated heterocycles. The van der Waals surface area contributed by atoms with Crippen LogP contribution < -0.4 is 5.32 Å². The molecule has 0 aromatic carbocycles. The first-order valence-electron chi connectivity index (χ1n) is 25.2. The smallest absolute Gasteiger partial charge is 0.387 e. The fourth-order valence-corrected chi connectivity index (χ4v) is 6.83. The maximum absolute atomic E-state index is 12.8. The van der Waals surface area contributed by atoms with Gasteiger partial charge in [0.1, 0.15) is 13.2 Å². The zero-order chi connectivity index (χ0) is 48.5. The molecule has 0 bridgehead atoms. The average molecular weight is 934 g/mol. The number of nitrogens with zero attached hydrogens (tertiary/aromatic N) is 1. The topological polar surface area (TPSA) is 105 Å². The fraction of sp³-hybridized carbons (Fsp3) is 0.561. The van der Waals surface area contributed by atoms with Crippen molar-refractivity contribution >= 4 is 13.7 Å². The fourth-order valence-electron chi connectivity index (χ4n) is 6.09. The first-order valence-corrected chi connectivity index (χ1v) is 26.7. The molecule has 0 aliphatic carbocycles. The molecule has 0 spiro atoms. The Morgan fingerprint density at radius 2 is 0.924 bits per heavy atom. The first-order chi connectivity index (χ1) is 32.0. The van der Waals surface area contributed by atoms with Gasteiger partial charge in [-0.1, -0.05) is 192 Å². The number of hydrogen-bond acceptors (Lipinski definition) is 5. The minimum Gasteiger partial charge on any atom is -0.387 e. The molecule has 0 radical (unpaired) electrons. The van der Waals surface area contributed by atoms with Crippen molar-refractivity contribution in [2.24, 2.45) is 0 Å². The zero-order valence-electron chi connectivity index (χ0n) is 42.1. The predicted octanol–water partition coefficient (Wildman–Crippen LogP) is 15.0. The molecule has 0 aromatic rings. The van der Waals surface area contributed by atoms with Crippen molar-refractivity contribution < 1.29 is 32.9 Å². The molecular weight excluding hydrogens is 840 g/mol. The number of aliphatic hydroxyl groups is 1. The molecule has 0 heterocycles. The van der Waals surface area contributed by atoms with Crippen LogP contribution in [0.15, 0.2) is 146 Å². The van der Waals surface area contributed by atoms with Crippen LogP contribution in [0.3, 0.4) is 0 Å². The lowest BCUT2D eigenvalue weighted by atomic mass is 10.1. The van der Waals surface area contributed by atoms with Crippen molar-refractivity contribution in [3.8, 4) is 0 Å². The Bertz CT molecular complexity index is 1570. The van der Waals surface area contributed by atoms with E-state index < -0.39 is 20.0 Å². The number of unbranched alkanes of at least 4 members (excludes halogenated alkanes) is 8. The highest BCUT2D eigenvalue weighted by Crippen LogP contribution is 2.43. The van der Waals surface area contributed by atoms with Crippen LogP contribution in [0.1, 0.15) is 155 Å². The van der Waals surface area contributed by atoms with E-state index in [1.165, 1.54) is 0 Å². The Balaban J connectivity index is 4.11. The average Bonchev–Trinajstić information content (AvgIpc) is 3.28. The van der Waals surface area contributed by atoms with Crippen LogP contribution in [-0.4, -0.2) is 73.4 Å². The lowest BCUT2D eigenvalue weighted by Gasteiger charge is -2.25. The molecule has 0 fully saturated rings. The van der Waals surface area contributed by atoms with Crippen LogP contribution in [0.4, 0.5) is 0 Å². The number of allylic oxidation sites excluding steroid dienone is 23. The molecule has 0 rings (SSSR count). The summed E-state index contributed by atoms with van der Waals surface area (Å²) in [6.07, 6.45) is 72.6. The first kappa shape index (κ1) is 62.4. The second kappa shape index (κ2) is 46.5. The van der Waals surface area contributed by atoms with Crippen LogP contribution in [0.5, 0.6) is 0 Å². The second-order valence-corrected chi connectivity index (χ2v) is 18.9. The third-order valence-corrected chi connectivity index (χ3v) is 11.0. The molecule has 3 N–H and O–H groups in total. The van der Waals surface area contributed by atoms with E-state index in [1.807, 2.05) is 27.2 Å². The van der Waals surface area contributed by atoms with Gasteiger partial charge in [0.2, 0.25) is 5.91 Å². The second-order valence-electron chi connectivity index (χ2n) is 17.4. The minimum absolute atomic E-state index is 0.0441. The summed E-state index contributed by atoms with van der Waals surface area (Å²) in [5, 5.41) is 13.7. The number of quaternary nitrogens is 1. The molecule has 3 atom stereocenters. The number of amides is 1. The monoisotopic (exact) mass is 934 g/mol. The number of aliphatic hydroxyl groups excluding tert-OH is 1. The molecule has 372 valence electrons. The Labute approximate surface area is 404 Å². The van der Waals surface area contributed by atoms with Crippen LogP contribution in [0, 0.1) is 0 Å². The number of nitrogens with one attached hydrogen (secondary N) is 1. The third kappa shape index (κ3) is 48.3. The van der Waals surface area contributed by atoms with E-state index in [0.717, 1.165) is 135 Å². The van der Waals surface area contributed by atoms with Gasteiger partial charge in [-0.2, -0.15) is 0 Å². The molecular formula is C57H94N2O6P+. The van der Waals surface area contributed by atoms with Gasteiger partial charge in [-0.3, -0.25) is 13.8 Å². The Hall–Kier alpha value is -3.62. The van der Waals surface area contributed by atoms with Crippen molar-refractivity contribution in [2.45, 2.75) is 167 Å². The van der Waals surface area contributed by atoms with Crippen LogP contribution in [-0.2, 0) is 18.4 Å². The number of hydrogen-bond donors (Lipinski definition) is 3. The van der Waals surface area contributed by atoms with E-state index in [0.29, 0.717) is 17.4 Å². The molecule has 0 aromatic heterocycles. The summed E-state index contributed by atoms with van der Waals surface area (Å²) >= 11 is 0. The van der Waals surface area contributed by atoms with Crippen molar-refractivity contribution in [1.82, 2.24) is 5.32 Å². The molecule has 1 amide bonds. The van der Waals surface area contributed by atoms with E-state index >= 15 is 0 Å². The molecule has 3 unspecified atom stereocenters. The highest BCUT2D eigenvalue weighted by Gasteiger charge is 2.27. The summed E-state index contributed by atoms with van der Waals surface area (Å²) in [5.41, 5.74) is 0. The molecule has 9 heteroatoms. The van der Waals surface area contributed by atoms with Gasteiger partial charge in [-0.25, -0.2) is 4.57 Å². The van der Waals surface area contributed by atoms with Crippen LogP contribution in [0.25, 0.3) is 0 Å². The van der Waals surface area contributed by atoms with Gasteiger partial charge in [0, 0.05) is 6.42 Å². The van der Waals surface area contributed by atoms with Gasteiger partial charge in [0.25, 0.3) is 0 Å². The summed E-state index contributed by atoms with van der Waals surface area (Å²) in [7, 11) is 1.51. The summed E-state index contributed by atoms with van der Waals surface area (Å²) in [6.45, 7) is 4.51. The maximum Gasteiger partial charge on any atom is 0.472 e. The lowest BCUT2D eigenvalue weighted by molar-refractivity contribution is -0.870. The third-order valence-electron chi connectivity index (χ3n) is 10.0. The number of rotatable bonds is 43. The standard InChI is InChI=1S/C57H93N2O6P/c1-6-8-10-12-14-15-16-17-18-19-20-21-22-23-24-25-26-27-28-29-30-31-32-33-34-35-36-37-38-39-40-41-42-43-45-47-49-51-57(61)58-55(56(60)50-48-46-44-13-11-9-7-2)54-65-66(62,63)64-53-52-59(3,4)5/h8,10-11,13-15,17-18,20-21,23-24,26-27,29-30,32-33,35-36,38-39,48,50,55-56,60H,6-7,9,12,16,19,22,25,28,31,34,37,40-47,49,51-54H2,1-5H3,(H-,58,61,62,63)/p+1/b10-8-,13-11+,15-14-,18-17-,21-20-,24-23-,27-26-,30-29-,33-32-,36-35-,39-38-,50-48+. The summed E-state index contributed by atoms with van der Waals surface area (Å²) in [5.74, 6) is -0.215. The summed E-state index contributed by atoms with van der Waals surface area (Å²) in [6, 6.07) is -0.879. The zero-order valence-corrected chi connectivity index (χ0v) is 43.0. The van der Waals surface area contributed by atoms with E-state index in [4.69, 9.17) is 9.05 Å². The normalized spacial score (nSPS) is 15.3. The van der Waals surface area contributed by atoms with E-state index in [2.05, 4.69) is 153 Å². The highest BCUT2D eigenvalue weighted by molar-refractivity contribution is 7.47. The van der Waals surface area contributed by atoms with Gasteiger partial charge in [0.05, 0.1) is 39.9 Å². The number of carbonyl (C=O) groups is 1. The predicted molar refractivity (Wildman–Crippen MR) is 285 cm³/mol. The van der Waals surface area contributed by atoms with Gasteiger partial charge in [0.15, 0.2) is 0 Å². The van der Waals surface area contributed by atoms with E-state index in [1.54, 1.807) is 6.08 Å². The molecule has 0 aliphatic heterocycles. The largest absolute Gasteiger partial charge is 0.472 e. The maximum atomic E-state index is 12.8. The number of phosphoric acid groups is 1. The summed E-state index contributed by atoms with van der Waals surface area (Å²) < 4.78 is 23.4. The van der Waals surface area contributed by atoms with Crippen LogP contribution in [0.2, 0.25) is 0 Å². The minimum atomic E-state index is -4.35. The van der Waals surface area contributed by atoms with E-state index in [9.17, 15) is 19.4 Å². The van der Waals surface area contributed by atoms with Crippen molar-refractivity contribution in [2.75, 3.05) is 40.9 Å². The van der Waals surface area contributed by atoms with Gasteiger partial charge >= 0.3 is 7.82 Å². The highest BCUT2D eigenvalue weighted by atomic mass is 31.2. The number of likely N-dealkylation sites (N-methyl/N-ethyl adjacent to an activating group) is 1. The van der Waals surface area contributed by atoms with Crippen molar-refractivity contribution in [3.05, 3.63) is 146 Å². The van der Waals surface area contributed by atoms with Crippen LogP contribution >= 0.6 is 7.82 Å². The molecule has 66 heavy (non-hydrogen) atoms.